The summed E-state index contributed by atoms with van der Waals surface area (Å²) in [6, 6.07) is 14.8. The molecule has 0 unspecified atom stereocenters. The van der Waals surface area contributed by atoms with Crippen LogP contribution < -0.4 is 4.74 Å². The Morgan fingerprint density at radius 1 is 1.12 bits per heavy atom. The zero-order chi connectivity index (χ0) is 28.8. The summed E-state index contributed by atoms with van der Waals surface area (Å²) in [7, 11) is 1.84. The maximum atomic E-state index is 11.7. The van der Waals surface area contributed by atoms with Gasteiger partial charge in [0, 0.05) is 42.1 Å². The van der Waals surface area contributed by atoms with Crippen LogP contribution in [0.3, 0.4) is 0 Å². The van der Waals surface area contributed by atoms with Gasteiger partial charge in [0.15, 0.2) is 5.65 Å². The average Bonchev–Trinajstić information content (AvgIpc) is 3.57. The molecule has 3 aromatic heterocycles. The fourth-order valence-electron chi connectivity index (χ4n) is 6.95. The van der Waals surface area contributed by atoms with Crippen molar-refractivity contribution < 1.29 is 24.8 Å². The zero-order valence-electron chi connectivity index (χ0n) is 23.1. The molecule has 10 heteroatoms. The van der Waals surface area contributed by atoms with E-state index in [1.54, 1.807) is 23.7 Å². The minimum Gasteiger partial charge on any atom is -0.494 e. The summed E-state index contributed by atoms with van der Waals surface area (Å²) in [5, 5.41) is 50.8. The molecule has 7 rings (SSSR count). The summed E-state index contributed by atoms with van der Waals surface area (Å²) in [6.07, 6.45) is -0.360. The van der Waals surface area contributed by atoms with E-state index in [2.05, 4.69) is 16.2 Å². The summed E-state index contributed by atoms with van der Waals surface area (Å²) < 4.78 is 15.7. The molecule has 2 aliphatic rings. The number of benzene rings is 2. The molecule has 1 saturated heterocycles. The first-order valence-electron chi connectivity index (χ1n) is 13.5. The molecule has 1 fully saturated rings. The Morgan fingerprint density at radius 3 is 2.61 bits per heavy atom. The van der Waals surface area contributed by atoms with Gasteiger partial charge in [0.05, 0.1) is 46.9 Å². The highest BCUT2D eigenvalue weighted by Crippen LogP contribution is 2.65. The Balaban J connectivity index is 1.28. The highest BCUT2D eigenvalue weighted by atomic mass is 16.6. The topological polar surface area (TPSA) is 139 Å². The van der Waals surface area contributed by atoms with Gasteiger partial charge >= 0.3 is 0 Å². The lowest BCUT2D eigenvalue weighted by molar-refractivity contribution is -0.107. The van der Waals surface area contributed by atoms with Gasteiger partial charge in [-0.05, 0) is 38.5 Å². The molecule has 0 amide bonds. The third kappa shape index (κ3) is 3.30. The number of aromatic nitrogens is 4. The minimum atomic E-state index is -1.22. The van der Waals surface area contributed by atoms with E-state index in [1.807, 2.05) is 51.2 Å². The van der Waals surface area contributed by atoms with Crippen molar-refractivity contribution in [2.45, 2.75) is 50.9 Å². The Hall–Kier alpha value is -4.59. The van der Waals surface area contributed by atoms with Gasteiger partial charge in [0.1, 0.15) is 11.2 Å². The minimum absolute atomic E-state index is 0.163. The van der Waals surface area contributed by atoms with Crippen molar-refractivity contribution >= 4 is 21.8 Å². The number of rotatable bonds is 5. The first-order chi connectivity index (χ1) is 19.6. The van der Waals surface area contributed by atoms with Crippen LogP contribution in [0.15, 0.2) is 42.5 Å². The molecule has 10 nitrogen and oxygen atoms in total. The summed E-state index contributed by atoms with van der Waals surface area (Å²) in [6.45, 7) is 5.87. The van der Waals surface area contributed by atoms with E-state index in [0.717, 1.165) is 22.3 Å². The Labute approximate surface area is 235 Å². The maximum absolute atomic E-state index is 11.7. The van der Waals surface area contributed by atoms with Crippen LogP contribution in [0.1, 0.15) is 47.7 Å². The van der Waals surface area contributed by atoms with Gasteiger partial charge in [0.25, 0.3) is 0 Å². The van der Waals surface area contributed by atoms with Gasteiger partial charge in [-0.2, -0.15) is 15.3 Å². The van der Waals surface area contributed by atoms with Crippen molar-refractivity contribution in [3.05, 3.63) is 70.4 Å². The summed E-state index contributed by atoms with van der Waals surface area (Å²) in [5.41, 5.74) is 2.16. The van der Waals surface area contributed by atoms with Crippen molar-refractivity contribution in [1.29, 1.82) is 5.26 Å². The fraction of sp³-hybridized carbons (Fsp3) is 0.323. The highest BCUT2D eigenvalue weighted by Gasteiger charge is 2.66. The van der Waals surface area contributed by atoms with Crippen LogP contribution in [-0.2, 0) is 23.0 Å². The lowest BCUT2D eigenvalue weighted by atomic mass is 9.76. The summed E-state index contributed by atoms with van der Waals surface area (Å²) in [4.78, 5) is 4.64. The fourth-order valence-corrected chi connectivity index (χ4v) is 6.95. The molecule has 2 bridgehead atoms. The Kier molecular flexibility index (Phi) is 5.24. The monoisotopic (exact) mass is 551 g/mol. The number of pyridine rings is 1. The molecular weight excluding hydrogens is 522 g/mol. The van der Waals surface area contributed by atoms with Gasteiger partial charge in [-0.15, -0.1) is 0 Å². The first kappa shape index (κ1) is 25.4. The maximum Gasteiger partial charge on any atom is 0.215 e. The van der Waals surface area contributed by atoms with E-state index in [4.69, 9.17) is 9.47 Å². The van der Waals surface area contributed by atoms with Gasteiger partial charge in [-0.25, -0.2) is 0 Å². The smallest absolute Gasteiger partial charge is 0.215 e. The number of aryl methyl sites for hydroxylation is 3. The molecule has 2 aliphatic heterocycles. The predicted octanol–water partition coefficient (Wildman–Crippen LogP) is 4.49. The predicted molar refractivity (Wildman–Crippen MR) is 150 cm³/mol. The van der Waals surface area contributed by atoms with Crippen molar-refractivity contribution in [1.82, 2.24) is 19.3 Å². The van der Waals surface area contributed by atoms with Crippen LogP contribution in [0.5, 0.6) is 17.6 Å². The summed E-state index contributed by atoms with van der Waals surface area (Å²) >= 11 is 0. The number of hydrogen-bond donors (Lipinski definition) is 3. The number of aromatic hydroxyl groups is 2. The number of fused-ring (bicyclic) bond motifs is 7. The van der Waals surface area contributed by atoms with Crippen LogP contribution in [0.25, 0.3) is 27.5 Å². The molecule has 5 heterocycles. The van der Waals surface area contributed by atoms with E-state index in [1.165, 1.54) is 4.57 Å². The third-order valence-electron chi connectivity index (χ3n) is 8.80. The van der Waals surface area contributed by atoms with E-state index in [-0.39, 0.29) is 24.8 Å². The van der Waals surface area contributed by atoms with Gasteiger partial charge in [-0.3, -0.25) is 9.25 Å². The normalized spacial score (nSPS) is 22.9. The molecule has 0 spiro atoms. The molecule has 0 saturated carbocycles. The lowest BCUT2D eigenvalue weighted by Gasteiger charge is -2.26. The SMILES string of the molecule is Cc1cc(OCC[C@]23C[C@H](O)[C@](C)(O2)c2c3c(O)n(-c3ccc(C#N)c4ccccc34)c2O)nc2c1c(C)nn2C. The molecule has 41 heavy (non-hydrogen) atoms. The zero-order valence-corrected chi connectivity index (χ0v) is 23.1. The second-order valence-electron chi connectivity index (χ2n) is 11.2. The average molecular weight is 552 g/mol. The number of aliphatic hydroxyl groups is 1. The second kappa shape index (κ2) is 8.46. The van der Waals surface area contributed by atoms with Crippen molar-refractivity contribution in [2.24, 2.45) is 7.05 Å². The van der Waals surface area contributed by atoms with Crippen molar-refractivity contribution in [3.63, 3.8) is 0 Å². The van der Waals surface area contributed by atoms with Gasteiger partial charge in [0.2, 0.25) is 17.6 Å². The van der Waals surface area contributed by atoms with E-state index in [9.17, 15) is 20.6 Å². The molecule has 3 N–H and O–H groups in total. The quantitative estimate of drug-likeness (QED) is 0.291. The molecular formula is C31H29N5O5. The van der Waals surface area contributed by atoms with E-state index in [0.29, 0.717) is 45.5 Å². The van der Waals surface area contributed by atoms with Crippen LogP contribution >= 0.6 is 0 Å². The number of aliphatic hydroxyl groups excluding tert-OH is 1. The largest absolute Gasteiger partial charge is 0.494 e. The van der Waals surface area contributed by atoms with Crippen LogP contribution in [0.2, 0.25) is 0 Å². The second-order valence-corrected chi connectivity index (χ2v) is 11.2. The molecule has 2 aromatic carbocycles. The van der Waals surface area contributed by atoms with Crippen molar-refractivity contribution in [3.8, 4) is 29.4 Å². The molecule has 0 aliphatic carbocycles. The van der Waals surface area contributed by atoms with Crippen LogP contribution in [0, 0.1) is 25.2 Å². The molecule has 3 atom stereocenters. The lowest BCUT2D eigenvalue weighted by Crippen LogP contribution is -2.33. The van der Waals surface area contributed by atoms with Crippen LogP contribution in [0.4, 0.5) is 0 Å². The van der Waals surface area contributed by atoms with Crippen molar-refractivity contribution in [2.75, 3.05) is 6.61 Å². The number of ether oxygens (including phenoxy) is 2. The van der Waals surface area contributed by atoms with E-state index >= 15 is 0 Å². The number of nitriles is 1. The standard InChI is InChI=1S/C31H29N5O5/c1-16-13-23(33-27-24(16)17(2)34-35(27)4)40-12-11-31-14-22(37)30(3,41-31)25-26(31)29(39)36(28(25)38)21-10-9-18(15-32)19-7-5-6-8-20(19)21/h5-10,13,22,37-39H,11-12,14H2,1-4H3/t22-,30-,31+/m0/s1. The molecule has 208 valence electrons. The highest BCUT2D eigenvalue weighted by molar-refractivity contribution is 5.95. The van der Waals surface area contributed by atoms with E-state index < -0.39 is 17.3 Å². The number of nitrogens with zero attached hydrogens (tertiary/aromatic N) is 5. The molecule has 0 radical (unpaired) electrons. The third-order valence-corrected chi connectivity index (χ3v) is 8.80. The van der Waals surface area contributed by atoms with Gasteiger partial charge in [-0.1, -0.05) is 24.3 Å². The van der Waals surface area contributed by atoms with Gasteiger partial charge < -0.3 is 24.8 Å². The Morgan fingerprint density at radius 2 is 1.85 bits per heavy atom. The molecule has 5 aromatic rings. The number of hydrogen-bond acceptors (Lipinski definition) is 8. The Bertz CT molecular complexity index is 1950. The first-order valence-corrected chi connectivity index (χ1v) is 13.5. The van der Waals surface area contributed by atoms with Crippen LogP contribution in [-0.4, -0.2) is 47.4 Å². The summed E-state index contributed by atoms with van der Waals surface area (Å²) in [5.74, 6) is 0.0806.